The summed E-state index contributed by atoms with van der Waals surface area (Å²) < 4.78 is 15.3. The van der Waals surface area contributed by atoms with Crippen molar-refractivity contribution >= 4 is 29.0 Å². The maximum atomic E-state index is 13.5. The summed E-state index contributed by atoms with van der Waals surface area (Å²) in [6.45, 7) is 2.68. The van der Waals surface area contributed by atoms with Crippen LogP contribution >= 0.6 is 11.6 Å². The molecule has 0 saturated carbocycles. The fourth-order valence-electron chi connectivity index (χ4n) is 3.78. The summed E-state index contributed by atoms with van der Waals surface area (Å²) in [5.74, 6) is 0.386. The van der Waals surface area contributed by atoms with Crippen LogP contribution in [0.25, 0.3) is 16.8 Å². The van der Waals surface area contributed by atoms with Crippen LogP contribution in [0.3, 0.4) is 0 Å². The predicted molar refractivity (Wildman–Crippen MR) is 118 cm³/mol. The average Bonchev–Trinajstić information content (AvgIpc) is 3.24. The summed E-state index contributed by atoms with van der Waals surface area (Å²) in [5, 5.41) is 0.0731. The molecule has 0 N–H and O–H groups in total. The molecule has 6 nitrogen and oxygen atoms in total. The van der Waals surface area contributed by atoms with Crippen LogP contribution in [0.2, 0.25) is 5.02 Å². The van der Waals surface area contributed by atoms with Crippen molar-refractivity contribution in [2.75, 3.05) is 31.1 Å². The van der Waals surface area contributed by atoms with Gasteiger partial charge in [0.25, 0.3) is 5.91 Å². The van der Waals surface area contributed by atoms with E-state index in [1.807, 2.05) is 45.8 Å². The molecule has 4 heterocycles. The highest BCUT2D eigenvalue weighted by Crippen LogP contribution is 2.25. The number of imidazole rings is 1. The summed E-state index contributed by atoms with van der Waals surface area (Å²) in [5.41, 5.74) is 2.73. The van der Waals surface area contributed by atoms with Crippen LogP contribution in [0.15, 0.2) is 67.1 Å². The zero-order chi connectivity index (χ0) is 21.4. The van der Waals surface area contributed by atoms with Crippen molar-refractivity contribution in [3.8, 4) is 11.1 Å². The Labute approximate surface area is 183 Å². The Kier molecular flexibility index (Phi) is 5.03. The molecule has 0 bridgehead atoms. The van der Waals surface area contributed by atoms with Crippen molar-refractivity contribution < 1.29 is 9.18 Å². The molecular weight excluding hydrogens is 417 g/mol. The molecule has 1 aliphatic heterocycles. The molecule has 3 aromatic heterocycles. The second kappa shape index (κ2) is 8.00. The topological polar surface area (TPSA) is 53.7 Å². The molecule has 0 radical (unpaired) electrons. The highest BCUT2D eigenvalue weighted by Gasteiger charge is 2.24. The van der Waals surface area contributed by atoms with E-state index in [-0.39, 0.29) is 10.9 Å². The Bertz CT molecular complexity index is 1250. The zero-order valence-corrected chi connectivity index (χ0v) is 17.3. The number of carbonyl (C=O) groups excluding carboxylic acids is 1. The smallest absolute Gasteiger partial charge is 0.274 e. The first-order chi connectivity index (χ1) is 15.1. The van der Waals surface area contributed by atoms with Gasteiger partial charge in [-0.15, -0.1) is 0 Å². The number of halogens is 2. The van der Waals surface area contributed by atoms with Crippen molar-refractivity contribution in [1.82, 2.24) is 19.3 Å². The molecule has 8 heteroatoms. The Morgan fingerprint density at radius 2 is 1.77 bits per heavy atom. The Balaban J connectivity index is 1.33. The van der Waals surface area contributed by atoms with E-state index < -0.39 is 5.82 Å². The molecule has 1 aromatic carbocycles. The van der Waals surface area contributed by atoms with E-state index in [9.17, 15) is 9.18 Å². The minimum Gasteiger partial charge on any atom is -0.353 e. The summed E-state index contributed by atoms with van der Waals surface area (Å²) in [7, 11) is 0. The predicted octanol–water partition coefficient (Wildman–Crippen LogP) is 4.15. The molecule has 156 valence electrons. The molecule has 0 unspecified atom stereocenters. The summed E-state index contributed by atoms with van der Waals surface area (Å²) in [4.78, 5) is 25.9. The standard InChI is InChI=1S/C23H19ClFN5O/c24-18-13-16(4-6-19(18)25)17-5-7-22-27-20(15-30(22)14-17)23(31)29-11-9-28(10-12-29)21-3-1-2-8-26-21/h1-8,13-15H,9-12H2. The number of fused-ring (bicyclic) bond motifs is 1. The first-order valence-corrected chi connectivity index (χ1v) is 10.4. The minimum atomic E-state index is -0.454. The quantitative estimate of drug-likeness (QED) is 0.485. The normalized spacial score (nSPS) is 14.3. The van der Waals surface area contributed by atoms with Gasteiger partial charge >= 0.3 is 0 Å². The van der Waals surface area contributed by atoms with E-state index in [1.54, 1.807) is 24.5 Å². The number of piperazine rings is 1. The maximum Gasteiger partial charge on any atom is 0.274 e. The van der Waals surface area contributed by atoms with Gasteiger partial charge < -0.3 is 14.2 Å². The number of amides is 1. The molecule has 0 aliphatic carbocycles. The molecule has 31 heavy (non-hydrogen) atoms. The van der Waals surface area contributed by atoms with E-state index in [0.29, 0.717) is 24.4 Å². The van der Waals surface area contributed by atoms with E-state index >= 15 is 0 Å². The van der Waals surface area contributed by atoms with Gasteiger partial charge in [0.2, 0.25) is 0 Å². The van der Waals surface area contributed by atoms with Crippen molar-refractivity contribution in [3.63, 3.8) is 0 Å². The van der Waals surface area contributed by atoms with Gasteiger partial charge in [0.05, 0.1) is 5.02 Å². The Morgan fingerprint density at radius 3 is 2.52 bits per heavy atom. The molecule has 0 spiro atoms. The molecule has 0 atom stereocenters. The molecule has 4 aromatic rings. The van der Waals surface area contributed by atoms with Crippen LogP contribution in [0.5, 0.6) is 0 Å². The second-order valence-electron chi connectivity index (χ2n) is 7.41. The summed E-state index contributed by atoms with van der Waals surface area (Å²) in [6.07, 6.45) is 5.37. The molecule has 1 saturated heterocycles. The fraction of sp³-hybridized carbons (Fsp3) is 0.174. The maximum absolute atomic E-state index is 13.5. The third-order valence-electron chi connectivity index (χ3n) is 5.46. The number of nitrogens with zero attached hydrogens (tertiary/aromatic N) is 5. The van der Waals surface area contributed by atoms with E-state index in [2.05, 4.69) is 14.9 Å². The van der Waals surface area contributed by atoms with Gasteiger partial charge in [-0.1, -0.05) is 23.7 Å². The number of pyridine rings is 2. The zero-order valence-electron chi connectivity index (χ0n) is 16.6. The first-order valence-electron chi connectivity index (χ1n) is 9.98. The molecule has 1 fully saturated rings. The van der Waals surface area contributed by atoms with Gasteiger partial charge in [-0.05, 0) is 47.5 Å². The van der Waals surface area contributed by atoms with Crippen molar-refractivity contribution in [2.24, 2.45) is 0 Å². The van der Waals surface area contributed by atoms with Gasteiger partial charge in [0.1, 0.15) is 23.0 Å². The van der Waals surface area contributed by atoms with Gasteiger partial charge in [0, 0.05) is 44.8 Å². The second-order valence-corrected chi connectivity index (χ2v) is 7.81. The molecule has 1 aliphatic rings. The van der Waals surface area contributed by atoms with Crippen LogP contribution in [0, 0.1) is 5.82 Å². The van der Waals surface area contributed by atoms with Gasteiger partial charge in [0.15, 0.2) is 0 Å². The number of hydrogen-bond acceptors (Lipinski definition) is 4. The van der Waals surface area contributed by atoms with Crippen molar-refractivity contribution in [2.45, 2.75) is 0 Å². The SMILES string of the molecule is O=C(c1cn2cc(-c3ccc(F)c(Cl)c3)ccc2n1)N1CCN(c2ccccn2)CC1. The van der Waals surface area contributed by atoms with Gasteiger partial charge in [-0.25, -0.2) is 14.4 Å². The van der Waals surface area contributed by atoms with Crippen molar-refractivity contribution in [3.05, 3.63) is 83.7 Å². The van der Waals surface area contributed by atoms with Crippen LogP contribution in [0.1, 0.15) is 10.5 Å². The highest BCUT2D eigenvalue weighted by molar-refractivity contribution is 6.31. The molecule has 5 rings (SSSR count). The molecule has 1 amide bonds. The lowest BCUT2D eigenvalue weighted by molar-refractivity contribution is 0.0741. The third-order valence-corrected chi connectivity index (χ3v) is 5.75. The van der Waals surface area contributed by atoms with E-state index in [0.717, 1.165) is 30.0 Å². The van der Waals surface area contributed by atoms with Crippen LogP contribution in [-0.4, -0.2) is 51.4 Å². The Morgan fingerprint density at radius 1 is 0.968 bits per heavy atom. The fourth-order valence-corrected chi connectivity index (χ4v) is 3.96. The minimum absolute atomic E-state index is 0.0731. The lowest BCUT2D eigenvalue weighted by Gasteiger charge is -2.35. The number of anilines is 1. The highest BCUT2D eigenvalue weighted by atomic mass is 35.5. The van der Waals surface area contributed by atoms with Crippen molar-refractivity contribution in [1.29, 1.82) is 0 Å². The number of hydrogen-bond donors (Lipinski definition) is 0. The van der Waals surface area contributed by atoms with Crippen LogP contribution in [0.4, 0.5) is 10.2 Å². The first kappa shape index (κ1) is 19.5. The third kappa shape index (κ3) is 3.84. The average molecular weight is 436 g/mol. The van der Waals surface area contributed by atoms with Gasteiger partial charge in [-0.3, -0.25) is 4.79 Å². The van der Waals surface area contributed by atoms with E-state index in [1.165, 1.54) is 6.07 Å². The largest absolute Gasteiger partial charge is 0.353 e. The van der Waals surface area contributed by atoms with Gasteiger partial charge in [-0.2, -0.15) is 0 Å². The lowest BCUT2D eigenvalue weighted by Crippen LogP contribution is -2.49. The summed E-state index contributed by atoms with van der Waals surface area (Å²) >= 11 is 5.91. The monoisotopic (exact) mass is 435 g/mol. The number of benzene rings is 1. The Hall–Kier alpha value is -3.45. The number of carbonyl (C=O) groups is 1. The summed E-state index contributed by atoms with van der Waals surface area (Å²) in [6, 6.07) is 14.1. The lowest BCUT2D eigenvalue weighted by atomic mass is 10.1. The molecular formula is C23H19ClFN5O. The van der Waals surface area contributed by atoms with Crippen LogP contribution < -0.4 is 4.90 Å². The number of rotatable bonds is 3. The van der Waals surface area contributed by atoms with E-state index in [4.69, 9.17) is 11.6 Å². The van der Waals surface area contributed by atoms with Crippen LogP contribution in [-0.2, 0) is 0 Å². The number of aromatic nitrogens is 3.